The van der Waals surface area contributed by atoms with Crippen LogP contribution in [-0.2, 0) is 39.8 Å². The average molecular weight is 500 g/mol. The van der Waals surface area contributed by atoms with Crippen LogP contribution in [0.15, 0.2) is 24.5 Å². The summed E-state index contributed by atoms with van der Waals surface area (Å²) in [4.78, 5) is 12.1. The maximum absolute atomic E-state index is 13.5. The van der Waals surface area contributed by atoms with Crippen molar-refractivity contribution in [1.29, 1.82) is 0 Å². The van der Waals surface area contributed by atoms with Gasteiger partial charge < -0.3 is 9.47 Å². The summed E-state index contributed by atoms with van der Waals surface area (Å²) in [5.74, 6) is 2.62. The SMILES string of the molecule is CO/C=C(/C(=O)OC)c1c(C#Cc2cc(C(F)(F)F)cc(C(F)(F)F)c2)c(C(F)(F)F)nn1C. The van der Waals surface area contributed by atoms with E-state index < -0.39 is 63.7 Å². The summed E-state index contributed by atoms with van der Waals surface area (Å²) in [5, 5.41) is 3.25. The summed E-state index contributed by atoms with van der Waals surface area (Å²) in [6.07, 6.45) is -14.8. The van der Waals surface area contributed by atoms with Gasteiger partial charge in [-0.1, -0.05) is 11.8 Å². The molecule has 14 heteroatoms. The predicted molar refractivity (Wildman–Crippen MR) is 97.6 cm³/mol. The molecule has 0 bridgehead atoms. The van der Waals surface area contributed by atoms with Crippen LogP contribution in [0.3, 0.4) is 0 Å². The molecule has 0 saturated heterocycles. The summed E-state index contributed by atoms with van der Waals surface area (Å²) < 4.78 is 129. The highest BCUT2D eigenvalue weighted by Gasteiger charge is 2.40. The Morgan fingerprint density at radius 2 is 1.44 bits per heavy atom. The van der Waals surface area contributed by atoms with Gasteiger partial charge >= 0.3 is 24.5 Å². The van der Waals surface area contributed by atoms with E-state index in [0.29, 0.717) is 4.68 Å². The molecule has 0 N–H and O–H groups in total. The maximum Gasteiger partial charge on any atom is 0.436 e. The number of halogens is 9. The van der Waals surface area contributed by atoms with Gasteiger partial charge in [0.15, 0.2) is 5.69 Å². The lowest BCUT2D eigenvalue weighted by Gasteiger charge is -2.12. The van der Waals surface area contributed by atoms with Crippen LogP contribution < -0.4 is 0 Å². The van der Waals surface area contributed by atoms with E-state index >= 15 is 0 Å². The summed E-state index contributed by atoms with van der Waals surface area (Å²) in [5.41, 5.74) is -8.08. The zero-order valence-electron chi connectivity index (χ0n) is 17.3. The smallest absolute Gasteiger partial charge is 0.436 e. The van der Waals surface area contributed by atoms with Crippen LogP contribution in [0, 0.1) is 11.8 Å². The number of rotatable bonds is 3. The van der Waals surface area contributed by atoms with Crippen molar-refractivity contribution in [3.63, 3.8) is 0 Å². The molecular formula is C20H13F9N2O3. The normalized spacial score (nSPS) is 12.8. The van der Waals surface area contributed by atoms with Crippen molar-refractivity contribution < 1.29 is 53.8 Å². The average Bonchev–Trinajstić information content (AvgIpc) is 3.04. The third kappa shape index (κ3) is 5.83. The van der Waals surface area contributed by atoms with Crippen LogP contribution in [-0.4, -0.2) is 30.0 Å². The Bertz CT molecular complexity index is 1150. The standard InChI is InChI=1S/C20H13F9N2O3/c1-31-15(14(9-33-2)17(32)34-3)13(16(30-31)20(27,28)29)5-4-10-6-11(18(21,22)23)8-12(7-10)19(24,25)26/h6-9H,1-3H3/b14-9+. The van der Waals surface area contributed by atoms with Crippen molar-refractivity contribution in [2.45, 2.75) is 18.5 Å². The van der Waals surface area contributed by atoms with Crippen LogP contribution >= 0.6 is 0 Å². The molecule has 0 saturated carbocycles. The Morgan fingerprint density at radius 1 is 0.912 bits per heavy atom. The second-order valence-electron chi connectivity index (χ2n) is 6.50. The van der Waals surface area contributed by atoms with Gasteiger partial charge in [-0.05, 0) is 18.2 Å². The Labute approximate surface area is 185 Å². The number of carbonyl (C=O) groups is 1. The zero-order valence-corrected chi connectivity index (χ0v) is 17.3. The van der Waals surface area contributed by atoms with Gasteiger partial charge in [0.05, 0.1) is 42.9 Å². The first-order chi connectivity index (χ1) is 15.5. The molecule has 0 aliphatic carbocycles. The van der Waals surface area contributed by atoms with Gasteiger partial charge in [-0.2, -0.15) is 44.6 Å². The third-order valence-electron chi connectivity index (χ3n) is 4.13. The van der Waals surface area contributed by atoms with Crippen molar-refractivity contribution in [2.24, 2.45) is 7.05 Å². The van der Waals surface area contributed by atoms with E-state index in [9.17, 15) is 44.3 Å². The lowest BCUT2D eigenvalue weighted by atomic mass is 10.0. The fraction of sp³-hybridized carbons (Fsp3) is 0.300. The fourth-order valence-corrected chi connectivity index (χ4v) is 2.74. The molecule has 0 fully saturated rings. The van der Waals surface area contributed by atoms with Crippen LogP contribution in [0.1, 0.15) is 33.6 Å². The summed E-state index contributed by atoms with van der Waals surface area (Å²) in [7, 11) is 2.99. The van der Waals surface area contributed by atoms with Crippen LogP contribution in [0.5, 0.6) is 0 Å². The van der Waals surface area contributed by atoms with Crippen molar-refractivity contribution in [1.82, 2.24) is 9.78 Å². The highest BCUT2D eigenvalue weighted by Crippen LogP contribution is 2.37. The highest BCUT2D eigenvalue weighted by molar-refractivity contribution is 6.16. The van der Waals surface area contributed by atoms with E-state index in [4.69, 9.17) is 0 Å². The minimum Gasteiger partial charge on any atom is -0.503 e. The van der Waals surface area contributed by atoms with Gasteiger partial charge in [0.2, 0.25) is 0 Å². The number of aryl methyl sites for hydroxylation is 1. The second-order valence-corrected chi connectivity index (χ2v) is 6.50. The monoisotopic (exact) mass is 500 g/mol. The van der Waals surface area contributed by atoms with E-state index in [1.165, 1.54) is 0 Å². The predicted octanol–water partition coefficient (Wildman–Crippen LogP) is 5.04. The lowest BCUT2D eigenvalue weighted by molar-refractivity contribution is -0.143. The molecule has 2 rings (SSSR count). The third-order valence-corrected chi connectivity index (χ3v) is 4.13. The van der Waals surface area contributed by atoms with E-state index in [0.717, 1.165) is 27.5 Å². The molecule has 0 aliphatic rings. The van der Waals surface area contributed by atoms with Gasteiger partial charge in [-0.25, -0.2) is 4.79 Å². The van der Waals surface area contributed by atoms with E-state index in [2.05, 4.69) is 14.6 Å². The van der Waals surface area contributed by atoms with Gasteiger partial charge in [-0.15, -0.1) is 0 Å². The molecule has 0 spiro atoms. The summed E-state index contributed by atoms with van der Waals surface area (Å²) >= 11 is 0. The van der Waals surface area contributed by atoms with Gasteiger partial charge in [0.1, 0.15) is 5.57 Å². The second kappa shape index (κ2) is 9.32. The first kappa shape index (κ1) is 26.6. The molecule has 34 heavy (non-hydrogen) atoms. The number of benzene rings is 1. The molecule has 0 unspecified atom stereocenters. The van der Waals surface area contributed by atoms with Crippen molar-refractivity contribution in [3.8, 4) is 11.8 Å². The number of nitrogens with zero attached hydrogens (tertiary/aromatic N) is 2. The number of aromatic nitrogens is 2. The molecule has 0 amide bonds. The first-order valence-corrected chi connectivity index (χ1v) is 8.78. The zero-order chi connectivity index (χ0) is 26.1. The first-order valence-electron chi connectivity index (χ1n) is 8.78. The molecular weight excluding hydrogens is 487 g/mol. The van der Waals surface area contributed by atoms with E-state index in [-0.39, 0.29) is 18.2 Å². The molecule has 0 atom stereocenters. The van der Waals surface area contributed by atoms with Crippen LogP contribution in [0.4, 0.5) is 39.5 Å². The van der Waals surface area contributed by atoms with Crippen molar-refractivity contribution >= 4 is 11.5 Å². The molecule has 2 aromatic rings. The van der Waals surface area contributed by atoms with E-state index in [1.807, 2.05) is 11.8 Å². The largest absolute Gasteiger partial charge is 0.503 e. The Balaban J connectivity index is 2.85. The fourth-order valence-electron chi connectivity index (χ4n) is 2.74. The number of hydrogen-bond acceptors (Lipinski definition) is 4. The quantitative estimate of drug-likeness (QED) is 0.195. The maximum atomic E-state index is 13.5. The number of ether oxygens (including phenoxy) is 2. The number of esters is 1. The Hall–Kier alpha value is -3.63. The Kier molecular flexibility index (Phi) is 7.29. The molecule has 1 aromatic carbocycles. The van der Waals surface area contributed by atoms with Gasteiger partial charge in [0.25, 0.3) is 0 Å². The molecule has 184 valence electrons. The lowest BCUT2D eigenvalue weighted by Crippen LogP contribution is -2.11. The van der Waals surface area contributed by atoms with Crippen molar-refractivity contribution in [2.75, 3.05) is 14.2 Å². The van der Waals surface area contributed by atoms with Gasteiger partial charge in [-0.3, -0.25) is 4.68 Å². The molecule has 1 heterocycles. The summed E-state index contributed by atoms with van der Waals surface area (Å²) in [6, 6.07) is 0.341. The Morgan fingerprint density at radius 3 is 1.85 bits per heavy atom. The van der Waals surface area contributed by atoms with E-state index in [1.54, 1.807) is 0 Å². The minimum absolute atomic E-state index is 0.154. The number of alkyl halides is 9. The topological polar surface area (TPSA) is 53.4 Å². The van der Waals surface area contributed by atoms with Crippen LogP contribution in [0.25, 0.3) is 5.57 Å². The number of methoxy groups -OCH3 is 2. The molecule has 0 radical (unpaired) electrons. The van der Waals surface area contributed by atoms with Crippen molar-refractivity contribution in [3.05, 3.63) is 58.1 Å². The highest BCUT2D eigenvalue weighted by atomic mass is 19.4. The molecule has 1 aromatic heterocycles. The summed E-state index contributed by atoms with van der Waals surface area (Å²) in [6.45, 7) is 0. The number of carbonyl (C=O) groups excluding carboxylic acids is 1. The molecule has 0 aliphatic heterocycles. The van der Waals surface area contributed by atoms with Crippen LogP contribution in [0.2, 0.25) is 0 Å². The number of hydrogen-bond donors (Lipinski definition) is 0. The van der Waals surface area contributed by atoms with Gasteiger partial charge in [0, 0.05) is 12.6 Å². The minimum atomic E-state index is -5.19. The molecule has 5 nitrogen and oxygen atoms in total.